The molecule has 2 heterocycles. The summed E-state index contributed by atoms with van der Waals surface area (Å²) in [6.07, 6.45) is -1.13. The summed E-state index contributed by atoms with van der Waals surface area (Å²) in [4.78, 5) is 14.2. The maximum atomic E-state index is 13.2. The molecular formula is C16H23F3N4O. The van der Waals surface area contributed by atoms with Crippen molar-refractivity contribution in [3.8, 4) is 0 Å². The number of hydrogen-bond acceptors (Lipinski definition) is 3. The zero-order chi connectivity index (χ0) is 17.5. The molecule has 8 heteroatoms. The Labute approximate surface area is 139 Å². The van der Waals surface area contributed by atoms with E-state index in [-0.39, 0.29) is 24.1 Å². The second-order valence-corrected chi connectivity index (χ2v) is 7.04. The van der Waals surface area contributed by atoms with Crippen molar-refractivity contribution in [1.29, 1.82) is 0 Å². The fourth-order valence-electron chi connectivity index (χ4n) is 3.86. The molecule has 0 unspecified atom stereocenters. The lowest BCUT2D eigenvalue weighted by Gasteiger charge is -2.35. The highest BCUT2D eigenvalue weighted by Gasteiger charge is 2.40. The smallest absolute Gasteiger partial charge is 0.339 e. The van der Waals surface area contributed by atoms with E-state index in [1.807, 2.05) is 6.92 Å². The van der Waals surface area contributed by atoms with Gasteiger partial charge >= 0.3 is 6.18 Å². The van der Waals surface area contributed by atoms with Crippen molar-refractivity contribution in [3.63, 3.8) is 0 Å². The molecule has 2 aliphatic rings. The lowest BCUT2D eigenvalue weighted by Crippen LogP contribution is -2.49. The van der Waals surface area contributed by atoms with Crippen molar-refractivity contribution >= 4 is 5.91 Å². The number of nitrogens with zero attached hydrogens (tertiary/aromatic N) is 3. The summed E-state index contributed by atoms with van der Waals surface area (Å²) < 4.78 is 40.9. The monoisotopic (exact) mass is 344 g/mol. The SMILES string of the molecule is C[C@H]1C[C@H](N)CN(C(=O)Cn2nc(C(F)(F)F)c3c2CCCC3)C1. The van der Waals surface area contributed by atoms with Gasteiger partial charge in [-0.15, -0.1) is 0 Å². The van der Waals surface area contributed by atoms with E-state index in [4.69, 9.17) is 5.73 Å². The van der Waals surface area contributed by atoms with E-state index in [1.165, 1.54) is 4.68 Å². The van der Waals surface area contributed by atoms with Gasteiger partial charge in [-0.3, -0.25) is 9.48 Å². The first kappa shape index (κ1) is 17.3. The summed E-state index contributed by atoms with van der Waals surface area (Å²) in [5.74, 6) is 0.0940. The van der Waals surface area contributed by atoms with Gasteiger partial charge in [-0.1, -0.05) is 6.92 Å². The van der Waals surface area contributed by atoms with Crippen LogP contribution in [0, 0.1) is 5.92 Å². The average Bonchev–Trinajstić information content (AvgIpc) is 2.85. The summed E-state index contributed by atoms with van der Waals surface area (Å²) in [5, 5.41) is 3.75. The fraction of sp³-hybridized carbons (Fsp3) is 0.750. The Morgan fingerprint density at radius 1 is 1.29 bits per heavy atom. The topological polar surface area (TPSA) is 64.2 Å². The Bertz CT molecular complexity index is 616. The van der Waals surface area contributed by atoms with Crippen LogP contribution in [0.4, 0.5) is 13.2 Å². The van der Waals surface area contributed by atoms with Crippen LogP contribution in [0.2, 0.25) is 0 Å². The zero-order valence-electron chi connectivity index (χ0n) is 13.8. The largest absolute Gasteiger partial charge is 0.435 e. The number of carbonyl (C=O) groups is 1. The first-order valence-corrected chi connectivity index (χ1v) is 8.44. The van der Waals surface area contributed by atoms with Gasteiger partial charge in [0.05, 0.1) is 0 Å². The van der Waals surface area contributed by atoms with Crippen LogP contribution in [0.15, 0.2) is 0 Å². The van der Waals surface area contributed by atoms with Crippen molar-refractivity contribution < 1.29 is 18.0 Å². The molecule has 2 atom stereocenters. The van der Waals surface area contributed by atoms with Crippen molar-refractivity contribution in [2.45, 2.75) is 57.8 Å². The predicted molar refractivity (Wildman–Crippen MR) is 82.2 cm³/mol. The van der Waals surface area contributed by atoms with E-state index in [9.17, 15) is 18.0 Å². The van der Waals surface area contributed by atoms with Gasteiger partial charge in [0.1, 0.15) is 6.54 Å². The van der Waals surface area contributed by atoms with Crippen LogP contribution in [0.1, 0.15) is 43.1 Å². The second-order valence-electron chi connectivity index (χ2n) is 7.04. The summed E-state index contributed by atoms with van der Waals surface area (Å²) >= 11 is 0. The number of rotatable bonds is 2. The summed E-state index contributed by atoms with van der Waals surface area (Å²) in [6.45, 7) is 2.94. The van der Waals surface area contributed by atoms with Crippen LogP contribution in [0.5, 0.6) is 0 Å². The number of amides is 1. The van der Waals surface area contributed by atoms with Crippen molar-refractivity contribution in [3.05, 3.63) is 17.0 Å². The van der Waals surface area contributed by atoms with E-state index >= 15 is 0 Å². The van der Waals surface area contributed by atoms with Gasteiger partial charge in [0.25, 0.3) is 0 Å². The van der Waals surface area contributed by atoms with Crippen LogP contribution >= 0.6 is 0 Å². The zero-order valence-corrected chi connectivity index (χ0v) is 13.8. The standard InChI is InChI=1S/C16H23F3N4O/c1-10-6-11(20)8-22(7-10)14(24)9-23-13-5-3-2-4-12(13)15(21-23)16(17,18)19/h10-11H,2-9,20H2,1H3/t10-,11-/m0/s1. The van der Waals surface area contributed by atoms with Crippen molar-refractivity contribution in [1.82, 2.24) is 14.7 Å². The Balaban J connectivity index is 1.82. The number of carbonyl (C=O) groups excluding carboxylic acids is 1. The van der Waals surface area contributed by atoms with E-state index in [0.717, 1.165) is 19.3 Å². The summed E-state index contributed by atoms with van der Waals surface area (Å²) in [5.41, 5.74) is 5.96. The third-order valence-electron chi connectivity index (χ3n) is 4.86. The molecule has 1 amide bonds. The Kier molecular flexibility index (Phi) is 4.59. The number of aromatic nitrogens is 2. The number of hydrogen-bond donors (Lipinski definition) is 1. The number of alkyl halides is 3. The van der Waals surface area contributed by atoms with Gasteiger partial charge in [0, 0.05) is 30.4 Å². The number of piperidine rings is 1. The van der Waals surface area contributed by atoms with Crippen molar-refractivity contribution in [2.75, 3.05) is 13.1 Å². The molecule has 5 nitrogen and oxygen atoms in total. The third-order valence-corrected chi connectivity index (χ3v) is 4.86. The molecule has 1 aromatic rings. The number of halogens is 3. The molecule has 134 valence electrons. The molecule has 1 aromatic heterocycles. The molecule has 0 radical (unpaired) electrons. The minimum Gasteiger partial charge on any atom is -0.339 e. The first-order chi connectivity index (χ1) is 11.3. The van der Waals surface area contributed by atoms with E-state index in [2.05, 4.69) is 5.10 Å². The molecule has 0 bridgehead atoms. The Morgan fingerprint density at radius 3 is 2.67 bits per heavy atom. The molecule has 1 saturated heterocycles. The van der Waals surface area contributed by atoms with E-state index < -0.39 is 11.9 Å². The predicted octanol–water partition coefficient (Wildman–Crippen LogP) is 1.98. The number of likely N-dealkylation sites (tertiary alicyclic amines) is 1. The molecular weight excluding hydrogens is 321 g/mol. The van der Waals surface area contributed by atoms with Crippen LogP contribution in [-0.2, 0) is 30.4 Å². The van der Waals surface area contributed by atoms with Gasteiger partial charge in [-0.25, -0.2) is 0 Å². The maximum Gasteiger partial charge on any atom is 0.435 e. The van der Waals surface area contributed by atoms with E-state index in [0.29, 0.717) is 37.5 Å². The van der Waals surface area contributed by atoms with Crippen LogP contribution in [-0.4, -0.2) is 39.7 Å². The minimum atomic E-state index is -4.47. The molecule has 1 aliphatic carbocycles. The van der Waals surface area contributed by atoms with Gasteiger partial charge in [-0.2, -0.15) is 18.3 Å². The Hall–Kier alpha value is -1.57. The molecule has 2 N–H and O–H groups in total. The highest BCUT2D eigenvalue weighted by molar-refractivity contribution is 5.76. The highest BCUT2D eigenvalue weighted by atomic mass is 19.4. The molecule has 1 fully saturated rings. The second kappa shape index (κ2) is 6.38. The normalized spacial score (nSPS) is 24.8. The lowest BCUT2D eigenvalue weighted by molar-refractivity contribution is -0.142. The van der Waals surface area contributed by atoms with Crippen molar-refractivity contribution in [2.24, 2.45) is 11.7 Å². The lowest BCUT2D eigenvalue weighted by atomic mass is 9.95. The van der Waals surface area contributed by atoms with Crippen LogP contribution in [0.25, 0.3) is 0 Å². The quantitative estimate of drug-likeness (QED) is 0.892. The molecule has 3 rings (SSSR count). The van der Waals surface area contributed by atoms with Crippen LogP contribution in [0.3, 0.4) is 0 Å². The maximum absolute atomic E-state index is 13.2. The Morgan fingerprint density at radius 2 is 2.00 bits per heavy atom. The first-order valence-electron chi connectivity index (χ1n) is 8.44. The molecule has 0 aromatic carbocycles. The van der Waals surface area contributed by atoms with Crippen LogP contribution < -0.4 is 5.73 Å². The minimum absolute atomic E-state index is 0.0741. The highest BCUT2D eigenvalue weighted by Crippen LogP contribution is 2.35. The average molecular weight is 344 g/mol. The molecule has 0 saturated carbocycles. The van der Waals surface area contributed by atoms with Gasteiger partial charge < -0.3 is 10.6 Å². The summed E-state index contributed by atoms with van der Waals surface area (Å²) in [6, 6.07) is -0.0741. The van der Waals surface area contributed by atoms with Gasteiger partial charge in [0.15, 0.2) is 5.69 Å². The molecule has 0 spiro atoms. The number of fused-ring (bicyclic) bond motifs is 1. The van der Waals surface area contributed by atoms with E-state index in [1.54, 1.807) is 4.90 Å². The third kappa shape index (κ3) is 3.43. The fourth-order valence-corrected chi connectivity index (χ4v) is 3.86. The van der Waals surface area contributed by atoms with Gasteiger partial charge in [0.2, 0.25) is 5.91 Å². The molecule has 1 aliphatic heterocycles. The molecule has 24 heavy (non-hydrogen) atoms. The summed E-state index contributed by atoms with van der Waals surface area (Å²) in [7, 11) is 0. The number of nitrogens with two attached hydrogens (primary N) is 1. The van der Waals surface area contributed by atoms with Gasteiger partial charge in [-0.05, 0) is 38.0 Å².